The van der Waals surface area contributed by atoms with Crippen LogP contribution in [-0.4, -0.2) is 12.5 Å². The molecular formula is C10H14N2O2S. The second kappa shape index (κ2) is 5.65. The van der Waals surface area contributed by atoms with Crippen molar-refractivity contribution in [3.63, 3.8) is 0 Å². The Hall–Kier alpha value is -1.17. The summed E-state index contributed by atoms with van der Waals surface area (Å²) < 4.78 is 5.30. The highest BCUT2D eigenvalue weighted by molar-refractivity contribution is 7.14. The highest BCUT2D eigenvalue weighted by Gasteiger charge is 2.10. The van der Waals surface area contributed by atoms with Crippen LogP contribution in [-0.2, 0) is 11.3 Å². The molecule has 4 nitrogen and oxygen atoms in total. The molecule has 1 amide bonds. The highest BCUT2D eigenvalue weighted by atomic mass is 32.1. The van der Waals surface area contributed by atoms with Crippen LogP contribution >= 0.6 is 11.3 Å². The average Bonchev–Trinajstić information content (AvgIpc) is 2.60. The van der Waals surface area contributed by atoms with Crippen molar-refractivity contribution in [3.8, 4) is 0 Å². The highest BCUT2D eigenvalue weighted by Crippen LogP contribution is 2.22. The van der Waals surface area contributed by atoms with Gasteiger partial charge in [-0.3, -0.25) is 10.2 Å². The molecule has 3 N–H and O–H groups in total. The number of thiophene rings is 1. The number of hydrogen-bond donors (Lipinski definition) is 2. The van der Waals surface area contributed by atoms with Crippen LogP contribution in [0.1, 0.15) is 20.1 Å². The van der Waals surface area contributed by atoms with E-state index in [2.05, 4.69) is 12.0 Å². The molecule has 1 aromatic heterocycles. The smallest absolute Gasteiger partial charge is 0.275 e. The minimum atomic E-state index is -0.266. The Morgan fingerprint density at radius 3 is 3.13 bits per heavy atom. The summed E-state index contributed by atoms with van der Waals surface area (Å²) in [6, 6.07) is 1.80. The molecule has 0 saturated heterocycles. The molecule has 82 valence electrons. The van der Waals surface area contributed by atoms with Crippen molar-refractivity contribution >= 4 is 17.2 Å². The quantitative estimate of drug-likeness (QED) is 0.262. The van der Waals surface area contributed by atoms with Crippen LogP contribution in [0, 0.1) is 6.92 Å². The molecular weight excluding hydrogens is 212 g/mol. The molecule has 0 spiro atoms. The maximum atomic E-state index is 11.2. The fourth-order valence-electron chi connectivity index (χ4n) is 1.10. The van der Waals surface area contributed by atoms with E-state index >= 15 is 0 Å². The van der Waals surface area contributed by atoms with E-state index in [1.54, 1.807) is 12.1 Å². The molecule has 0 bridgehead atoms. The number of nitrogens with one attached hydrogen (secondary N) is 1. The number of rotatable bonds is 5. The molecule has 15 heavy (non-hydrogen) atoms. The Kier molecular flexibility index (Phi) is 4.48. The van der Waals surface area contributed by atoms with Gasteiger partial charge in [-0.1, -0.05) is 6.08 Å². The SMILES string of the molecule is C=CCOCc1cc(C(=O)NN)sc1C. The van der Waals surface area contributed by atoms with E-state index in [-0.39, 0.29) is 5.91 Å². The van der Waals surface area contributed by atoms with Gasteiger partial charge in [-0.25, -0.2) is 5.84 Å². The van der Waals surface area contributed by atoms with Gasteiger partial charge in [0.25, 0.3) is 5.91 Å². The van der Waals surface area contributed by atoms with Gasteiger partial charge < -0.3 is 4.74 Å². The van der Waals surface area contributed by atoms with E-state index in [0.717, 1.165) is 10.4 Å². The van der Waals surface area contributed by atoms with Gasteiger partial charge in [0.05, 0.1) is 18.1 Å². The van der Waals surface area contributed by atoms with Crippen LogP contribution in [0.15, 0.2) is 18.7 Å². The number of hydrogen-bond acceptors (Lipinski definition) is 4. The number of hydrazine groups is 1. The lowest BCUT2D eigenvalue weighted by Gasteiger charge is -1.99. The van der Waals surface area contributed by atoms with Gasteiger partial charge in [0, 0.05) is 4.88 Å². The van der Waals surface area contributed by atoms with Crippen LogP contribution in [0.3, 0.4) is 0 Å². The molecule has 0 aromatic carbocycles. The molecule has 0 aliphatic heterocycles. The Bertz CT molecular complexity index is 360. The predicted molar refractivity (Wildman–Crippen MR) is 60.6 cm³/mol. The summed E-state index contributed by atoms with van der Waals surface area (Å²) in [6.45, 7) is 6.51. The Morgan fingerprint density at radius 2 is 2.53 bits per heavy atom. The summed E-state index contributed by atoms with van der Waals surface area (Å²) in [4.78, 5) is 12.9. The van der Waals surface area contributed by atoms with Gasteiger partial charge in [-0.05, 0) is 18.6 Å². The zero-order valence-electron chi connectivity index (χ0n) is 8.58. The summed E-state index contributed by atoms with van der Waals surface area (Å²) in [5.41, 5.74) is 3.12. The van der Waals surface area contributed by atoms with Crippen LogP contribution in [0.2, 0.25) is 0 Å². The molecule has 0 fully saturated rings. The summed E-state index contributed by atoms with van der Waals surface area (Å²) in [5, 5.41) is 0. The van der Waals surface area contributed by atoms with Crippen molar-refractivity contribution < 1.29 is 9.53 Å². The molecule has 5 heteroatoms. The third-order valence-corrected chi connectivity index (χ3v) is 2.96. The zero-order chi connectivity index (χ0) is 11.3. The van der Waals surface area contributed by atoms with Crippen LogP contribution in [0.4, 0.5) is 0 Å². The van der Waals surface area contributed by atoms with Crippen molar-refractivity contribution in [1.29, 1.82) is 0 Å². The van der Waals surface area contributed by atoms with Crippen LogP contribution in [0.25, 0.3) is 0 Å². The largest absolute Gasteiger partial charge is 0.373 e. The van der Waals surface area contributed by atoms with E-state index in [0.29, 0.717) is 18.1 Å². The second-order valence-corrected chi connectivity index (χ2v) is 4.23. The first-order valence-corrected chi connectivity index (χ1v) is 5.29. The summed E-state index contributed by atoms with van der Waals surface area (Å²) >= 11 is 1.41. The number of carbonyl (C=O) groups excluding carboxylic acids is 1. The van der Waals surface area contributed by atoms with Gasteiger partial charge in [0.15, 0.2) is 0 Å². The lowest BCUT2D eigenvalue weighted by atomic mass is 10.2. The minimum absolute atomic E-state index is 0.266. The molecule has 0 aliphatic rings. The molecule has 0 radical (unpaired) electrons. The van der Waals surface area contributed by atoms with Crippen molar-refractivity contribution in [1.82, 2.24) is 5.43 Å². The third-order valence-electron chi connectivity index (χ3n) is 1.87. The first kappa shape index (κ1) is 11.9. The summed E-state index contributed by atoms with van der Waals surface area (Å²) in [6.07, 6.45) is 1.69. The van der Waals surface area contributed by atoms with Crippen molar-refractivity contribution in [2.45, 2.75) is 13.5 Å². The molecule has 0 aliphatic carbocycles. The summed E-state index contributed by atoms with van der Waals surface area (Å²) in [5.74, 6) is 4.78. The molecule has 0 saturated carbocycles. The molecule has 1 heterocycles. The minimum Gasteiger partial charge on any atom is -0.373 e. The maximum Gasteiger partial charge on any atom is 0.275 e. The lowest BCUT2D eigenvalue weighted by Crippen LogP contribution is -2.29. The van der Waals surface area contributed by atoms with Gasteiger partial charge >= 0.3 is 0 Å². The van der Waals surface area contributed by atoms with Crippen molar-refractivity contribution in [2.24, 2.45) is 5.84 Å². The topological polar surface area (TPSA) is 64.3 Å². The average molecular weight is 226 g/mol. The van der Waals surface area contributed by atoms with E-state index in [1.165, 1.54) is 11.3 Å². The van der Waals surface area contributed by atoms with E-state index < -0.39 is 0 Å². The fourth-order valence-corrected chi connectivity index (χ4v) is 2.03. The molecule has 0 atom stereocenters. The van der Waals surface area contributed by atoms with Crippen LogP contribution < -0.4 is 11.3 Å². The van der Waals surface area contributed by atoms with E-state index in [9.17, 15) is 4.79 Å². The lowest BCUT2D eigenvalue weighted by molar-refractivity contribution is 0.0957. The standard InChI is InChI=1S/C10H14N2O2S/c1-3-4-14-6-8-5-9(10(13)12-11)15-7(8)2/h3,5H,1,4,6,11H2,2H3,(H,12,13). The van der Waals surface area contributed by atoms with Crippen molar-refractivity contribution in [2.75, 3.05) is 6.61 Å². The summed E-state index contributed by atoms with van der Waals surface area (Å²) in [7, 11) is 0. The van der Waals surface area contributed by atoms with Crippen LogP contribution in [0.5, 0.6) is 0 Å². The number of carbonyl (C=O) groups is 1. The monoisotopic (exact) mass is 226 g/mol. The van der Waals surface area contributed by atoms with Crippen molar-refractivity contribution in [3.05, 3.63) is 34.0 Å². The predicted octanol–water partition coefficient (Wildman–Crippen LogP) is 1.36. The normalized spacial score (nSPS) is 10.0. The fraction of sp³-hybridized carbons (Fsp3) is 0.300. The molecule has 0 unspecified atom stereocenters. The third kappa shape index (κ3) is 3.16. The molecule has 1 aromatic rings. The van der Waals surface area contributed by atoms with E-state index in [4.69, 9.17) is 10.6 Å². The second-order valence-electron chi connectivity index (χ2n) is 2.97. The maximum absolute atomic E-state index is 11.2. The van der Waals surface area contributed by atoms with E-state index in [1.807, 2.05) is 6.92 Å². The Balaban J connectivity index is 2.68. The van der Waals surface area contributed by atoms with Gasteiger partial charge in [0.1, 0.15) is 0 Å². The first-order chi connectivity index (χ1) is 7.19. The first-order valence-electron chi connectivity index (χ1n) is 4.48. The Morgan fingerprint density at radius 1 is 1.80 bits per heavy atom. The number of amides is 1. The van der Waals surface area contributed by atoms with Gasteiger partial charge in [-0.2, -0.15) is 0 Å². The number of aryl methyl sites for hydroxylation is 1. The van der Waals surface area contributed by atoms with Gasteiger partial charge in [0.2, 0.25) is 0 Å². The number of nitrogen functional groups attached to an aromatic ring is 1. The number of ether oxygens (including phenoxy) is 1. The number of nitrogens with two attached hydrogens (primary N) is 1. The molecule has 1 rings (SSSR count). The Labute approximate surface area is 92.7 Å². The zero-order valence-corrected chi connectivity index (χ0v) is 9.39. The van der Waals surface area contributed by atoms with Gasteiger partial charge in [-0.15, -0.1) is 17.9 Å².